The van der Waals surface area contributed by atoms with Gasteiger partial charge in [-0.2, -0.15) is 0 Å². The molecule has 19 heavy (non-hydrogen) atoms. The molecule has 2 heterocycles. The van der Waals surface area contributed by atoms with E-state index in [1.54, 1.807) is 11.3 Å². The Morgan fingerprint density at radius 3 is 2.68 bits per heavy atom. The first kappa shape index (κ1) is 13.4. The third-order valence-corrected chi connectivity index (χ3v) is 5.47. The maximum atomic E-state index is 6.31. The Morgan fingerprint density at radius 1 is 1.26 bits per heavy atom. The number of hydrogen-bond acceptors (Lipinski definition) is 3. The molecule has 98 valence electrons. The molecule has 0 aliphatic heterocycles. The third-order valence-electron chi connectivity index (χ3n) is 3.08. The highest BCUT2D eigenvalue weighted by Crippen LogP contribution is 2.38. The fourth-order valence-corrected chi connectivity index (χ4v) is 5.03. The van der Waals surface area contributed by atoms with Gasteiger partial charge in [0.1, 0.15) is 11.3 Å². The Balaban J connectivity index is 2.09. The summed E-state index contributed by atoms with van der Waals surface area (Å²) in [6.07, 6.45) is 0. The van der Waals surface area contributed by atoms with Crippen LogP contribution in [0, 0.1) is 6.92 Å². The van der Waals surface area contributed by atoms with Crippen LogP contribution >= 0.6 is 43.2 Å². The van der Waals surface area contributed by atoms with Gasteiger partial charge in [-0.3, -0.25) is 0 Å². The minimum absolute atomic E-state index is 0.260. The van der Waals surface area contributed by atoms with Crippen LogP contribution in [0.5, 0.6) is 0 Å². The second-order valence-electron chi connectivity index (χ2n) is 4.40. The molecule has 2 N–H and O–H groups in total. The highest BCUT2D eigenvalue weighted by atomic mass is 79.9. The van der Waals surface area contributed by atoms with Gasteiger partial charge in [0.05, 0.1) is 13.6 Å². The van der Waals surface area contributed by atoms with Crippen LogP contribution in [0.1, 0.15) is 22.9 Å². The van der Waals surface area contributed by atoms with Gasteiger partial charge >= 0.3 is 0 Å². The summed E-state index contributed by atoms with van der Waals surface area (Å²) in [4.78, 5) is 0. The number of para-hydroxylation sites is 1. The molecule has 1 atom stereocenters. The molecule has 1 unspecified atom stereocenters. The van der Waals surface area contributed by atoms with Gasteiger partial charge < -0.3 is 10.2 Å². The van der Waals surface area contributed by atoms with Crippen molar-refractivity contribution in [2.24, 2.45) is 5.73 Å². The lowest BCUT2D eigenvalue weighted by atomic mass is 10.1. The summed E-state index contributed by atoms with van der Waals surface area (Å²) in [7, 11) is 0. The zero-order valence-corrected chi connectivity index (χ0v) is 14.1. The fourth-order valence-electron chi connectivity index (χ4n) is 2.10. The summed E-state index contributed by atoms with van der Waals surface area (Å²) in [6, 6.07) is 9.90. The molecule has 3 rings (SSSR count). The van der Waals surface area contributed by atoms with Crippen molar-refractivity contribution in [1.29, 1.82) is 0 Å². The predicted octanol–water partition coefficient (Wildman–Crippen LogP) is 5.38. The largest absolute Gasteiger partial charge is 0.459 e. The van der Waals surface area contributed by atoms with Crippen LogP contribution in [0.3, 0.4) is 0 Å². The lowest BCUT2D eigenvalue weighted by Crippen LogP contribution is -2.10. The van der Waals surface area contributed by atoms with Crippen molar-refractivity contribution >= 4 is 54.2 Å². The van der Waals surface area contributed by atoms with Gasteiger partial charge in [0.15, 0.2) is 0 Å². The molecule has 0 saturated heterocycles. The maximum absolute atomic E-state index is 6.31. The molecule has 0 spiro atoms. The molecule has 5 heteroatoms. The predicted molar refractivity (Wildman–Crippen MR) is 86.7 cm³/mol. The third kappa shape index (κ3) is 2.40. The van der Waals surface area contributed by atoms with Crippen molar-refractivity contribution in [3.63, 3.8) is 0 Å². The van der Waals surface area contributed by atoms with E-state index < -0.39 is 0 Å². The van der Waals surface area contributed by atoms with Crippen molar-refractivity contribution < 1.29 is 4.42 Å². The minimum Gasteiger partial charge on any atom is -0.459 e. The van der Waals surface area contributed by atoms with Gasteiger partial charge in [0, 0.05) is 10.9 Å². The van der Waals surface area contributed by atoms with E-state index in [-0.39, 0.29) is 6.04 Å². The second kappa shape index (κ2) is 5.05. The van der Waals surface area contributed by atoms with Crippen molar-refractivity contribution in [2.45, 2.75) is 13.0 Å². The summed E-state index contributed by atoms with van der Waals surface area (Å²) in [6.45, 7) is 2.04. The van der Waals surface area contributed by atoms with Crippen molar-refractivity contribution in [3.05, 3.63) is 54.8 Å². The van der Waals surface area contributed by atoms with Crippen LogP contribution in [0.15, 0.2) is 42.3 Å². The first-order chi connectivity index (χ1) is 9.06. The Morgan fingerprint density at radius 2 is 2.05 bits per heavy atom. The second-order valence-corrected chi connectivity index (χ2v) is 8.15. The number of rotatable bonds is 2. The Hall–Kier alpha value is -0.620. The first-order valence-corrected chi connectivity index (χ1v) is 8.16. The van der Waals surface area contributed by atoms with Crippen molar-refractivity contribution in [2.75, 3.05) is 0 Å². The summed E-state index contributed by atoms with van der Waals surface area (Å²) < 4.78 is 8.01. The monoisotopic (exact) mass is 399 g/mol. The first-order valence-electron chi connectivity index (χ1n) is 5.75. The van der Waals surface area contributed by atoms with Crippen LogP contribution < -0.4 is 5.73 Å². The molecule has 0 fully saturated rings. The molecule has 3 aromatic rings. The lowest BCUT2D eigenvalue weighted by molar-refractivity contribution is 0.523. The van der Waals surface area contributed by atoms with E-state index in [0.29, 0.717) is 0 Å². The quantitative estimate of drug-likeness (QED) is 0.627. The molecular formula is C14H11Br2NOS. The Kier molecular flexibility index (Phi) is 3.55. The average molecular weight is 401 g/mol. The number of fused-ring (bicyclic) bond motifs is 1. The number of benzene rings is 1. The van der Waals surface area contributed by atoms with Crippen LogP contribution in [-0.4, -0.2) is 0 Å². The average Bonchev–Trinajstić information content (AvgIpc) is 2.93. The lowest BCUT2D eigenvalue weighted by Gasteiger charge is -2.07. The van der Waals surface area contributed by atoms with Gasteiger partial charge in [-0.05, 0) is 56.5 Å². The van der Waals surface area contributed by atoms with Gasteiger partial charge in [0.2, 0.25) is 0 Å². The van der Waals surface area contributed by atoms with Gasteiger partial charge in [0.25, 0.3) is 0 Å². The summed E-state index contributed by atoms with van der Waals surface area (Å²) in [5.74, 6) is 0.787. The van der Waals surface area contributed by atoms with E-state index in [9.17, 15) is 0 Å². The molecule has 0 radical (unpaired) electrons. The number of halogens is 2. The number of thiophene rings is 1. The van der Waals surface area contributed by atoms with E-state index in [1.807, 2.05) is 37.3 Å². The highest BCUT2D eigenvalue weighted by Gasteiger charge is 2.19. The Bertz CT molecular complexity index is 747. The molecule has 2 nitrogen and oxygen atoms in total. The number of aryl methyl sites for hydroxylation is 1. The van der Waals surface area contributed by atoms with Crippen LogP contribution in [0.2, 0.25) is 0 Å². The van der Waals surface area contributed by atoms with Gasteiger partial charge in [-0.15, -0.1) is 11.3 Å². The van der Waals surface area contributed by atoms with E-state index in [2.05, 4.69) is 31.9 Å². The zero-order valence-electron chi connectivity index (χ0n) is 10.1. The van der Waals surface area contributed by atoms with E-state index in [0.717, 1.165) is 35.4 Å². The van der Waals surface area contributed by atoms with Crippen molar-refractivity contribution in [1.82, 2.24) is 0 Å². The smallest absolute Gasteiger partial charge is 0.137 e. The Labute approximate surface area is 131 Å². The van der Waals surface area contributed by atoms with Crippen LogP contribution in [0.4, 0.5) is 0 Å². The van der Waals surface area contributed by atoms with Crippen LogP contribution in [0.25, 0.3) is 11.0 Å². The zero-order chi connectivity index (χ0) is 13.6. The molecule has 0 saturated carbocycles. The maximum Gasteiger partial charge on any atom is 0.137 e. The molecule has 0 aliphatic carbocycles. The number of nitrogens with two attached hydrogens (primary N) is 1. The fraction of sp³-hybridized carbons (Fsp3) is 0.143. The van der Waals surface area contributed by atoms with Crippen molar-refractivity contribution in [3.8, 4) is 0 Å². The normalized spacial score (nSPS) is 13.1. The summed E-state index contributed by atoms with van der Waals surface area (Å²) >= 11 is 8.63. The number of furan rings is 1. The minimum atomic E-state index is -0.260. The molecule has 2 aromatic heterocycles. The molecule has 0 aliphatic rings. The molecule has 0 amide bonds. The van der Waals surface area contributed by atoms with Gasteiger partial charge in [-0.25, -0.2) is 0 Å². The highest BCUT2D eigenvalue weighted by molar-refractivity contribution is 9.12. The van der Waals surface area contributed by atoms with Crippen LogP contribution in [-0.2, 0) is 0 Å². The summed E-state index contributed by atoms with van der Waals surface area (Å²) in [5.41, 5.74) is 9.38. The van der Waals surface area contributed by atoms with E-state index in [4.69, 9.17) is 10.2 Å². The standard InChI is InChI=1S/C14H11Br2NOS/c1-7-3-2-4-8-5-10(18-13(7)8)12(17)9-6-11(15)19-14(9)16/h2-6,12H,17H2,1H3. The van der Waals surface area contributed by atoms with E-state index >= 15 is 0 Å². The SMILES string of the molecule is Cc1cccc2cc(C(N)c3cc(Br)sc3Br)oc12. The summed E-state index contributed by atoms with van der Waals surface area (Å²) in [5, 5.41) is 1.09. The topological polar surface area (TPSA) is 39.2 Å². The molecule has 1 aromatic carbocycles. The molecule has 0 bridgehead atoms. The van der Waals surface area contributed by atoms with Gasteiger partial charge in [-0.1, -0.05) is 18.2 Å². The number of hydrogen-bond donors (Lipinski definition) is 1. The van der Waals surface area contributed by atoms with E-state index in [1.165, 1.54) is 0 Å². The molecular weight excluding hydrogens is 390 g/mol.